The van der Waals surface area contributed by atoms with Gasteiger partial charge in [0.05, 0.1) is 16.4 Å². The summed E-state index contributed by atoms with van der Waals surface area (Å²) in [5, 5.41) is 10.7. The number of rotatable bonds is 6. The molecule has 0 aliphatic rings. The average molecular weight is 414 g/mol. The Morgan fingerprint density at radius 2 is 1.62 bits per heavy atom. The molecule has 0 heterocycles. The van der Waals surface area contributed by atoms with Crippen molar-refractivity contribution in [3.8, 4) is 0 Å². The first-order valence-electron chi connectivity index (χ1n) is 7.02. The van der Waals surface area contributed by atoms with Crippen molar-refractivity contribution in [3.05, 3.63) is 68.7 Å². The summed E-state index contributed by atoms with van der Waals surface area (Å²) in [4.78, 5) is 10.3. The lowest BCUT2D eigenvalue weighted by atomic mass is 9.86. The number of hydrogen-bond donors (Lipinski definition) is 0. The zero-order valence-corrected chi connectivity index (χ0v) is 15.5. The predicted octanol–water partition coefficient (Wildman–Crippen LogP) is 4.04. The third kappa shape index (κ3) is 4.40. The average Bonchev–Trinajstić information content (AvgIpc) is 2.54. The summed E-state index contributed by atoms with van der Waals surface area (Å²) in [6, 6.07) is 12.1. The van der Waals surface area contributed by atoms with Crippen LogP contribution in [-0.4, -0.2) is 19.9 Å². The molecule has 2 aromatic carbocycles. The minimum atomic E-state index is -3.87. The number of nitro benzene ring substituents is 1. The number of hydrogen-bond acceptors (Lipinski definition) is 5. The molecule has 0 saturated heterocycles. The van der Waals surface area contributed by atoms with Crippen molar-refractivity contribution < 1.29 is 17.5 Å². The number of nitro groups is 1. The lowest BCUT2D eigenvalue weighted by Crippen LogP contribution is -2.26. The van der Waals surface area contributed by atoms with Gasteiger partial charge in [-0.2, -0.15) is 8.42 Å². The van der Waals surface area contributed by atoms with Crippen molar-refractivity contribution in [1.82, 2.24) is 0 Å². The molecule has 0 aliphatic heterocycles. The molecule has 0 saturated carbocycles. The Bertz CT molecular complexity index is 830. The molecule has 0 amide bonds. The molecule has 0 N–H and O–H groups in total. The second-order valence-electron chi connectivity index (χ2n) is 5.86. The highest BCUT2D eigenvalue weighted by Gasteiger charge is 2.26. The van der Waals surface area contributed by atoms with Gasteiger partial charge in [-0.05, 0) is 29.8 Å². The third-order valence-electron chi connectivity index (χ3n) is 3.54. The van der Waals surface area contributed by atoms with Crippen LogP contribution >= 0.6 is 15.9 Å². The molecule has 6 nitrogen and oxygen atoms in total. The highest BCUT2D eigenvalue weighted by atomic mass is 79.9. The van der Waals surface area contributed by atoms with E-state index in [0.717, 1.165) is 10.0 Å². The molecule has 0 bridgehead atoms. The van der Waals surface area contributed by atoms with E-state index in [1.807, 2.05) is 13.8 Å². The molecule has 0 aliphatic carbocycles. The lowest BCUT2D eigenvalue weighted by Gasteiger charge is -2.24. The molecule has 0 unspecified atom stereocenters. The molecule has 24 heavy (non-hydrogen) atoms. The monoisotopic (exact) mass is 413 g/mol. The van der Waals surface area contributed by atoms with E-state index < -0.39 is 20.5 Å². The molecule has 8 heteroatoms. The van der Waals surface area contributed by atoms with Crippen LogP contribution in [0.2, 0.25) is 0 Å². The quantitative estimate of drug-likeness (QED) is 0.405. The lowest BCUT2D eigenvalue weighted by molar-refractivity contribution is -0.384. The highest BCUT2D eigenvalue weighted by molar-refractivity contribution is 9.10. The number of non-ortho nitro benzene ring substituents is 1. The smallest absolute Gasteiger partial charge is 0.265 e. The minimum absolute atomic E-state index is 0.0158. The maximum Gasteiger partial charge on any atom is 0.297 e. The number of halogens is 1. The first kappa shape index (κ1) is 18.6. The van der Waals surface area contributed by atoms with Crippen molar-refractivity contribution in [2.24, 2.45) is 0 Å². The molecule has 0 radical (unpaired) electrons. The molecule has 0 aromatic heterocycles. The molecule has 2 rings (SSSR count). The van der Waals surface area contributed by atoms with Crippen LogP contribution in [-0.2, 0) is 19.7 Å². The summed E-state index contributed by atoms with van der Waals surface area (Å²) in [6.45, 7) is 3.54. The van der Waals surface area contributed by atoms with Gasteiger partial charge in [-0.1, -0.05) is 41.9 Å². The minimum Gasteiger partial charge on any atom is -0.265 e. The third-order valence-corrected chi connectivity index (χ3v) is 5.34. The van der Waals surface area contributed by atoms with Crippen LogP contribution in [0.5, 0.6) is 0 Å². The van der Waals surface area contributed by atoms with Crippen molar-refractivity contribution in [1.29, 1.82) is 0 Å². The molecule has 0 fully saturated rings. The normalized spacial score (nSPS) is 12.1. The fraction of sp³-hybridized carbons (Fsp3) is 0.250. The van der Waals surface area contributed by atoms with Crippen LogP contribution in [0.1, 0.15) is 19.4 Å². The molecular formula is C16H16BrNO5S. The van der Waals surface area contributed by atoms with Crippen molar-refractivity contribution in [3.63, 3.8) is 0 Å². The Kier molecular flexibility index (Phi) is 5.42. The number of nitrogens with zero attached hydrogens (tertiary/aromatic N) is 1. The topological polar surface area (TPSA) is 86.5 Å². The second-order valence-corrected chi connectivity index (χ2v) is 8.39. The Balaban J connectivity index is 2.14. The van der Waals surface area contributed by atoms with E-state index in [4.69, 9.17) is 4.18 Å². The highest BCUT2D eigenvalue weighted by Crippen LogP contribution is 2.27. The Hall–Kier alpha value is -1.77. The molecule has 0 spiro atoms. The fourth-order valence-corrected chi connectivity index (χ4v) is 3.33. The van der Waals surface area contributed by atoms with Gasteiger partial charge in [-0.3, -0.25) is 14.3 Å². The van der Waals surface area contributed by atoms with E-state index in [1.165, 1.54) is 24.3 Å². The van der Waals surface area contributed by atoms with E-state index in [9.17, 15) is 18.5 Å². The zero-order valence-electron chi connectivity index (χ0n) is 13.1. The summed E-state index contributed by atoms with van der Waals surface area (Å²) in [5.74, 6) is 0. The van der Waals surface area contributed by atoms with Gasteiger partial charge in [-0.25, -0.2) is 0 Å². The summed E-state index contributed by atoms with van der Waals surface area (Å²) in [7, 11) is -3.87. The zero-order chi connectivity index (χ0) is 18.0. The van der Waals surface area contributed by atoms with Gasteiger partial charge in [0, 0.05) is 22.0 Å². The van der Waals surface area contributed by atoms with E-state index in [-0.39, 0.29) is 17.2 Å². The summed E-state index contributed by atoms with van der Waals surface area (Å²) >= 11 is 3.25. The largest absolute Gasteiger partial charge is 0.297 e. The molecular weight excluding hydrogens is 398 g/mol. The van der Waals surface area contributed by atoms with Crippen molar-refractivity contribution in [2.75, 3.05) is 6.61 Å². The van der Waals surface area contributed by atoms with E-state index >= 15 is 0 Å². The predicted molar refractivity (Wildman–Crippen MR) is 93.4 cm³/mol. The van der Waals surface area contributed by atoms with Gasteiger partial charge >= 0.3 is 0 Å². The Morgan fingerprint density at radius 3 is 2.12 bits per heavy atom. The van der Waals surface area contributed by atoms with Gasteiger partial charge < -0.3 is 0 Å². The van der Waals surface area contributed by atoms with E-state index in [1.54, 1.807) is 24.3 Å². The van der Waals surface area contributed by atoms with Crippen LogP contribution in [0.3, 0.4) is 0 Å². The molecule has 2 aromatic rings. The standard InChI is InChI=1S/C16H16BrNO5S/c1-16(2,12-3-7-14(8-4-12)18(19)20)11-23-24(21,22)15-9-5-13(17)6-10-15/h3-10H,11H2,1-2H3. The van der Waals surface area contributed by atoms with Crippen LogP contribution in [0.4, 0.5) is 5.69 Å². The Morgan fingerprint density at radius 1 is 1.08 bits per heavy atom. The second kappa shape index (κ2) is 7.00. The maximum absolute atomic E-state index is 12.2. The van der Waals surface area contributed by atoms with Gasteiger partial charge in [0.2, 0.25) is 0 Å². The van der Waals surface area contributed by atoms with Crippen LogP contribution < -0.4 is 0 Å². The van der Waals surface area contributed by atoms with Gasteiger partial charge in [0.25, 0.3) is 15.8 Å². The molecule has 0 atom stereocenters. The summed E-state index contributed by atoms with van der Waals surface area (Å²) in [5.41, 5.74) is 0.106. The van der Waals surface area contributed by atoms with E-state index in [2.05, 4.69) is 15.9 Å². The van der Waals surface area contributed by atoms with Crippen molar-refractivity contribution in [2.45, 2.75) is 24.2 Å². The molecule has 128 valence electrons. The van der Waals surface area contributed by atoms with Gasteiger partial charge in [-0.15, -0.1) is 0 Å². The fourth-order valence-electron chi connectivity index (χ4n) is 2.01. The van der Waals surface area contributed by atoms with Crippen LogP contribution in [0, 0.1) is 10.1 Å². The van der Waals surface area contributed by atoms with Crippen molar-refractivity contribution >= 4 is 31.7 Å². The summed E-state index contributed by atoms with van der Waals surface area (Å²) in [6.07, 6.45) is 0. The number of benzene rings is 2. The summed E-state index contributed by atoms with van der Waals surface area (Å²) < 4.78 is 30.4. The van der Waals surface area contributed by atoms with Crippen LogP contribution in [0.25, 0.3) is 0 Å². The Labute approximate surface area is 148 Å². The van der Waals surface area contributed by atoms with Crippen LogP contribution in [0.15, 0.2) is 57.9 Å². The first-order chi connectivity index (χ1) is 11.1. The SMILES string of the molecule is CC(C)(COS(=O)(=O)c1ccc(Br)cc1)c1ccc([N+](=O)[O-])cc1. The van der Waals surface area contributed by atoms with Gasteiger partial charge in [0.15, 0.2) is 0 Å². The van der Waals surface area contributed by atoms with Gasteiger partial charge in [0.1, 0.15) is 0 Å². The first-order valence-corrected chi connectivity index (χ1v) is 9.22. The maximum atomic E-state index is 12.2. The van der Waals surface area contributed by atoms with E-state index in [0.29, 0.717) is 0 Å².